The summed E-state index contributed by atoms with van der Waals surface area (Å²) in [5.74, 6) is 0.655. The minimum atomic E-state index is 0.570. The lowest BCUT2D eigenvalue weighted by atomic mass is 10.2. The average molecular weight is 259 g/mol. The van der Waals surface area contributed by atoms with Gasteiger partial charge >= 0.3 is 0 Å². The second-order valence-corrected chi connectivity index (χ2v) is 4.21. The van der Waals surface area contributed by atoms with Crippen LogP contribution in [-0.4, -0.2) is 15.0 Å². The molecule has 89 valence electrons. The zero-order chi connectivity index (χ0) is 12.5. The number of nitrogen functional groups attached to an aromatic ring is 1. The van der Waals surface area contributed by atoms with Crippen molar-refractivity contribution in [3.8, 4) is 0 Å². The summed E-state index contributed by atoms with van der Waals surface area (Å²) in [4.78, 5) is 11.2. The lowest BCUT2D eigenvalue weighted by molar-refractivity contribution is 1.20. The van der Waals surface area contributed by atoms with Crippen LogP contribution in [0.1, 0.15) is 0 Å². The van der Waals surface area contributed by atoms with Gasteiger partial charge in [-0.1, -0.05) is 11.6 Å². The van der Waals surface area contributed by atoms with Crippen LogP contribution in [0.4, 0.5) is 17.2 Å². The Bertz CT molecular complexity index is 686. The van der Waals surface area contributed by atoms with Crippen molar-refractivity contribution >= 4 is 39.8 Å². The van der Waals surface area contributed by atoms with Gasteiger partial charge < -0.3 is 16.0 Å². The van der Waals surface area contributed by atoms with Crippen LogP contribution in [0.3, 0.4) is 0 Å². The fourth-order valence-electron chi connectivity index (χ4n) is 1.72. The van der Waals surface area contributed by atoms with Crippen LogP contribution in [0.2, 0.25) is 5.02 Å². The van der Waals surface area contributed by atoms with Gasteiger partial charge in [0.1, 0.15) is 17.8 Å². The van der Waals surface area contributed by atoms with Gasteiger partial charge in [-0.2, -0.15) is 0 Å². The van der Waals surface area contributed by atoms with Crippen molar-refractivity contribution in [2.75, 3.05) is 11.1 Å². The Morgan fingerprint density at radius 1 is 1.28 bits per heavy atom. The van der Waals surface area contributed by atoms with Crippen LogP contribution in [0.25, 0.3) is 11.0 Å². The molecule has 0 spiro atoms. The molecule has 18 heavy (non-hydrogen) atoms. The highest BCUT2D eigenvalue weighted by atomic mass is 35.5. The normalized spacial score (nSPS) is 10.7. The Morgan fingerprint density at radius 3 is 3.00 bits per heavy atom. The number of benzene rings is 1. The smallest absolute Gasteiger partial charge is 0.143 e. The molecule has 1 aromatic carbocycles. The van der Waals surface area contributed by atoms with E-state index in [9.17, 15) is 0 Å². The van der Waals surface area contributed by atoms with Crippen molar-refractivity contribution in [3.63, 3.8) is 0 Å². The third kappa shape index (κ3) is 1.96. The maximum absolute atomic E-state index is 5.95. The maximum Gasteiger partial charge on any atom is 0.143 e. The molecule has 2 aromatic heterocycles. The van der Waals surface area contributed by atoms with Crippen LogP contribution >= 0.6 is 11.6 Å². The molecule has 2 heterocycles. The number of aromatic amines is 1. The molecule has 0 amide bonds. The lowest BCUT2D eigenvalue weighted by Gasteiger charge is -2.07. The molecule has 0 unspecified atom stereocenters. The molecule has 3 aromatic rings. The summed E-state index contributed by atoms with van der Waals surface area (Å²) in [7, 11) is 0. The van der Waals surface area contributed by atoms with E-state index in [0.29, 0.717) is 16.5 Å². The minimum absolute atomic E-state index is 0.570. The Labute approximate surface area is 108 Å². The number of hydrogen-bond acceptors (Lipinski definition) is 4. The van der Waals surface area contributed by atoms with Crippen LogP contribution in [0.5, 0.6) is 0 Å². The van der Waals surface area contributed by atoms with Crippen molar-refractivity contribution in [1.82, 2.24) is 15.0 Å². The number of aromatic nitrogens is 3. The molecule has 0 aliphatic carbocycles. The van der Waals surface area contributed by atoms with Crippen LogP contribution in [0.15, 0.2) is 30.7 Å². The number of nitrogens with one attached hydrogen (secondary N) is 2. The van der Waals surface area contributed by atoms with E-state index in [0.717, 1.165) is 16.7 Å². The summed E-state index contributed by atoms with van der Waals surface area (Å²) in [6.45, 7) is 0. The Morgan fingerprint density at radius 2 is 2.17 bits per heavy atom. The Kier molecular flexibility index (Phi) is 2.53. The molecule has 0 aliphatic rings. The van der Waals surface area contributed by atoms with Gasteiger partial charge in [0, 0.05) is 28.7 Å². The molecular weight excluding hydrogens is 250 g/mol. The van der Waals surface area contributed by atoms with E-state index in [1.165, 1.54) is 6.33 Å². The van der Waals surface area contributed by atoms with E-state index in [-0.39, 0.29) is 0 Å². The number of rotatable bonds is 2. The standard InChI is InChI=1S/C12H9ClN5/c13-7-3-8(14)5-9(4-7)18-12-10-1-2-15-11(10)16-6-17-12/h2-6H,14H2,(H2,15,16,17,18). The quantitative estimate of drug-likeness (QED) is 0.618. The molecule has 0 aliphatic heterocycles. The van der Waals surface area contributed by atoms with Crippen LogP contribution in [0, 0.1) is 6.07 Å². The SMILES string of the molecule is Nc1cc(Cl)cc(Nc2ncnc3[nH]c[c]c23)c1. The lowest BCUT2D eigenvalue weighted by Crippen LogP contribution is -1.96. The van der Waals surface area contributed by atoms with Gasteiger partial charge in [-0.3, -0.25) is 0 Å². The first-order valence-corrected chi connectivity index (χ1v) is 5.63. The van der Waals surface area contributed by atoms with Crippen molar-refractivity contribution in [3.05, 3.63) is 41.8 Å². The number of anilines is 3. The van der Waals surface area contributed by atoms with E-state index in [1.54, 1.807) is 24.4 Å². The zero-order valence-corrected chi connectivity index (χ0v) is 9.99. The highest BCUT2D eigenvalue weighted by Crippen LogP contribution is 2.25. The number of nitrogens with zero attached hydrogens (tertiary/aromatic N) is 2. The van der Waals surface area contributed by atoms with E-state index in [4.69, 9.17) is 17.3 Å². The van der Waals surface area contributed by atoms with Gasteiger partial charge in [-0.15, -0.1) is 0 Å². The summed E-state index contributed by atoms with van der Waals surface area (Å²) in [5.41, 5.74) is 7.82. The minimum Gasteiger partial charge on any atom is -0.399 e. The monoisotopic (exact) mass is 258 g/mol. The number of halogens is 1. The largest absolute Gasteiger partial charge is 0.399 e. The van der Waals surface area contributed by atoms with Gasteiger partial charge in [0.2, 0.25) is 0 Å². The summed E-state index contributed by atoms with van der Waals surface area (Å²) in [6, 6.07) is 8.28. The number of fused-ring (bicyclic) bond motifs is 1. The number of nitrogens with two attached hydrogens (primary N) is 1. The van der Waals surface area contributed by atoms with Crippen molar-refractivity contribution in [2.24, 2.45) is 0 Å². The zero-order valence-electron chi connectivity index (χ0n) is 9.24. The van der Waals surface area contributed by atoms with Crippen molar-refractivity contribution in [2.45, 2.75) is 0 Å². The molecule has 3 rings (SSSR count). The molecular formula is C12H9ClN5. The van der Waals surface area contributed by atoms with Gasteiger partial charge in [-0.05, 0) is 18.2 Å². The van der Waals surface area contributed by atoms with Gasteiger partial charge in [0.25, 0.3) is 0 Å². The predicted octanol–water partition coefficient (Wildman–Crippen LogP) is 2.74. The topological polar surface area (TPSA) is 79.6 Å². The number of H-pyrrole nitrogens is 1. The first kappa shape index (κ1) is 10.9. The summed E-state index contributed by atoms with van der Waals surface area (Å²) < 4.78 is 0. The van der Waals surface area contributed by atoms with Gasteiger partial charge in [0.05, 0.1) is 5.39 Å². The van der Waals surface area contributed by atoms with Gasteiger partial charge in [0.15, 0.2) is 0 Å². The van der Waals surface area contributed by atoms with E-state index < -0.39 is 0 Å². The molecule has 0 saturated carbocycles. The fraction of sp³-hybridized carbons (Fsp3) is 0. The number of hydrogen-bond donors (Lipinski definition) is 3. The second kappa shape index (κ2) is 4.19. The van der Waals surface area contributed by atoms with Crippen molar-refractivity contribution in [1.29, 1.82) is 0 Å². The molecule has 6 heteroatoms. The van der Waals surface area contributed by atoms with Crippen LogP contribution < -0.4 is 11.1 Å². The first-order valence-electron chi connectivity index (χ1n) is 5.25. The summed E-state index contributed by atoms with van der Waals surface area (Å²) in [5, 5.41) is 4.51. The molecule has 0 bridgehead atoms. The fourth-order valence-corrected chi connectivity index (χ4v) is 1.97. The van der Waals surface area contributed by atoms with Gasteiger partial charge in [-0.25, -0.2) is 9.97 Å². The second-order valence-electron chi connectivity index (χ2n) is 3.78. The Hall–Kier alpha value is -2.27. The molecule has 4 N–H and O–H groups in total. The Balaban J connectivity index is 2.03. The van der Waals surface area contributed by atoms with E-state index in [1.807, 2.05) is 0 Å². The van der Waals surface area contributed by atoms with Crippen molar-refractivity contribution < 1.29 is 0 Å². The molecule has 5 nitrogen and oxygen atoms in total. The third-order valence-corrected chi connectivity index (χ3v) is 2.67. The molecule has 0 saturated heterocycles. The average Bonchev–Trinajstić information content (AvgIpc) is 2.76. The highest BCUT2D eigenvalue weighted by Gasteiger charge is 2.05. The third-order valence-electron chi connectivity index (χ3n) is 2.46. The summed E-state index contributed by atoms with van der Waals surface area (Å²) in [6.07, 6.45) is 3.17. The summed E-state index contributed by atoms with van der Waals surface area (Å²) >= 11 is 5.95. The van der Waals surface area contributed by atoms with E-state index >= 15 is 0 Å². The predicted molar refractivity (Wildman–Crippen MR) is 71.9 cm³/mol. The van der Waals surface area contributed by atoms with Crippen LogP contribution in [-0.2, 0) is 0 Å². The molecule has 0 fully saturated rings. The highest BCUT2D eigenvalue weighted by molar-refractivity contribution is 6.31. The maximum atomic E-state index is 5.95. The molecule has 0 atom stereocenters. The molecule has 1 radical (unpaired) electrons. The van der Waals surface area contributed by atoms with E-state index in [2.05, 4.69) is 26.3 Å². The first-order chi connectivity index (χ1) is 8.72.